The molecule has 2 aromatic heterocycles. The summed E-state index contributed by atoms with van der Waals surface area (Å²) in [7, 11) is 0. The SMILES string of the molecule is CC(=O)Nc1cccc(C(=O)Nc2nc3scc(-c4ccc(Cl)cc4)n3n2)c1. The van der Waals surface area contributed by atoms with Crippen LogP contribution in [-0.2, 0) is 4.79 Å². The molecule has 0 aliphatic carbocycles. The molecule has 0 spiro atoms. The Hall–Kier alpha value is -3.23. The van der Waals surface area contributed by atoms with Gasteiger partial charge in [-0.05, 0) is 30.3 Å². The fourth-order valence-corrected chi connectivity index (χ4v) is 3.63. The van der Waals surface area contributed by atoms with E-state index in [4.69, 9.17) is 11.6 Å². The average Bonchev–Trinajstić information content (AvgIpc) is 3.22. The number of benzene rings is 2. The number of hydrogen-bond donors (Lipinski definition) is 2. The van der Waals surface area contributed by atoms with Gasteiger partial charge in [0.1, 0.15) is 0 Å². The summed E-state index contributed by atoms with van der Waals surface area (Å²) in [5.74, 6) is -0.362. The van der Waals surface area contributed by atoms with Crippen molar-refractivity contribution in [2.24, 2.45) is 0 Å². The zero-order chi connectivity index (χ0) is 19.7. The monoisotopic (exact) mass is 411 g/mol. The molecule has 140 valence electrons. The summed E-state index contributed by atoms with van der Waals surface area (Å²) in [5, 5.41) is 12.3. The third-order valence-electron chi connectivity index (χ3n) is 3.89. The largest absolute Gasteiger partial charge is 0.326 e. The second-order valence-electron chi connectivity index (χ2n) is 5.97. The van der Waals surface area contributed by atoms with Crippen molar-refractivity contribution in [3.63, 3.8) is 0 Å². The molecule has 7 nitrogen and oxygen atoms in total. The molecule has 0 fully saturated rings. The van der Waals surface area contributed by atoms with E-state index < -0.39 is 0 Å². The third-order valence-corrected chi connectivity index (χ3v) is 4.96. The Balaban J connectivity index is 1.58. The average molecular weight is 412 g/mol. The van der Waals surface area contributed by atoms with Gasteiger partial charge in [-0.2, -0.15) is 4.98 Å². The number of aromatic nitrogens is 3. The Kier molecular flexibility index (Phi) is 4.81. The molecule has 0 aliphatic heterocycles. The van der Waals surface area contributed by atoms with Crippen molar-refractivity contribution in [2.75, 3.05) is 10.6 Å². The van der Waals surface area contributed by atoms with Crippen molar-refractivity contribution in [3.8, 4) is 11.3 Å². The normalized spacial score (nSPS) is 10.8. The number of halogens is 1. The minimum atomic E-state index is -0.363. The van der Waals surface area contributed by atoms with Crippen LogP contribution in [0.5, 0.6) is 0 Å². The summed E-state index contributed by atoms with van der Waals surface area (Å²) < 4.78 is 1.68. The summed E-state index contributed by atoms with van der Waals surface area (Å²) in [6.45, 7) is 1.41. The zero-order valence-electron chi connectivity index (χ0n) is 14.6. The van der Waals surface area contributed by atoms with E-state index >= 15 is 0 Å². The highest BCUT2D eigenvalue weighted by molar-refractivity contribution is 7.15. The predicted molar refractivity (Wildman–Crippen MR) is 110 cm³/mol. The van der Waals surface area contributed by atoms with Crippen molar-refractivity contribution in [1.82, 2.24) is 14.6 Å². The second-order valence-corrected chi connectivity index (χ2v) is 7.25. The van der Waals surface area contributed by atoms with Crippen LogP contribution < -0.4 is 10.6 Å². The highest BCUT2D eigenvalue weighted by Crippen LogP contribution is 2.27. The minimum Gasteiger partial charge on any atom is -0.326 e. The quantitative estimate of drug-likeness (QED) is 0.523. The number of nitrogens with one attached hydrogen (secondary N) is 2. The Bertz CT molecular complexity index is 1180. The van der Waals surface area contributed by atoms with Crippen LogP contribution in [-0.4, -0.2) is 26.4 Å². The molecule has 2 amide bonds. The van der Waals surface area contributed by atoms with Gasteiger partial charge < -0.3 is 5.32 Å². The van der Waals surface area contributed by atoms with E-state index in [0.29, 0.717) is 21.2 Å². The summed E-state index contributed by atoms with van der Waals surface area (Å²) in [6.07, 6.45) is 0. The van der Waals surface area contributed by atoms with E-state index in [0.717, 1.165) is 11.3 Å². The van der Waals surface area contributed by atoms with Crippen molar-refractivity contribution in [3.05, 3.63) is 64.5 Å². The van der Waals surface area contributed by atoms with E-state index in [9.17, 15) is 9.59 Å². The molecule has 0 aliphatic rings. The fourth-order valence-electron chi connectivity index (χ4n) is 2.67. The molecular formula is C19H14ClN5O2S. The highest BCUT2D eigenvalue weighted by atomic mass is 35.5. The first-order valence-electron chi connectivity index (χ1n) is 8.29. The molecular weight excluding hydrogens is 398 g/mol. The molecule has 9 heteroatoms. The van der Waals surface area contributed by atoms with Gasteiger partial charge in [-0.1, -0.05) is 29.8 Å². The second kappa shape index (κ2) is 7.41. The van der Waals surface area contributed by atoms with Crippen molar-refractivity contribution in [2.45, 2.75) is 6.92 Å². The van der Waals surface area contributed by atoms with Gasteiger partial charge in [-0.3, -0.25) is 14.9 Å². The van der Waals surface area contributed by atoms with Crippen LogP contribution >= 0.6 is 22.9 Å². The van der Waals surface area contributed by atoms with Crippen molar-refractivity contribution < 1.29 is 9.59 Å². The van der Waals surface area contributed by atoms with E-state index in [1.54, 1.807) is 28.8 Å². The van der Waals surface area contributed by atoms with Crippen LogP contribution in [0.3, 0.4) is 0 Å². The fraction of sp³-hybridized carbons (Fsp3) is 0.0526. The van der Waals surface area contributed by atoms with Gasteiger partial charge in [0, 0.05) is 34.1 Å². The van der Waals surface area contributed by atoms with Crippen LogP contribution in [0, 0.1) is 0 Å². The third kappa shape index (κ3) is 3.73. The summed E-state index contributed by atoms with van der Waals surface area (Å²) in [5.41, 5.74) is 2.74. The first-order chi connectivity index (χ1) is 13.5. The molecule has 0 radical (unpaired) electrons. The van der Waals surface area contributed by atoms with Crippen molar-refractivity contribution >= 4 is 51.3 Å². The molecule has 0 bridgehead atoms. The topological polar surface area (TPSA) is 88.4 Å². The maximum absolute atomic E-state index is 12.5. The van der Waals surface area contributed by atoms with Crippen LogP contribution in [0.1, 0.15) is 17.3 Å². The summed E-state index contributed by atoms with van der Waals surface area (Å²) in [4.78, 5) is 28.7. The molecule has 28 heavy (non-hydrogen) atoms. The lowest BCUT2D eigenvalue weighted by Crippen LogP contribution is -2.14. The summed E-state index contributed by atoms with van der Waals surface area (Å²) in [6, 6.07) is 14.1. The predicted octanol–water partition coefficient (Wildman–Crippen LogP) is 4.32. The number of carbonyl (C=O) groups is 2. The van der Waals surface area contributed by atoms with E-state index in [-0.39, 0.29) is 17.8 Å². The van der Waals surface area contributed by atoms with Gasteiger partial charge >= 0.3 is 0 Å². The van der Waals surface area contributed by atoms with Crippen LogP contribution in [0.4, 0.5) is 11.6 Å². The smallest absolute Gasteiger partial charge is 0.258 e. The van der Waals surface area contributed by atoms with E-state index in [1.807, 2.05) is 29.6 Å². The van der Waals surface area contributed by atoms with Gasteiger partial charge in [-0.15, -0.1) is 16.4 Å². The van der Waals surface area contributed by atoms with Gasteiger partial charge in [0.25, 0.3) is 11.9 Å². The minimum absolute atomic E-state index is 0.205. The first kappa shape index (κ1) is 18.1. The number of fused-ring (bicyclic) bond motifs is 1. The number of rotatable bonds is 4. The Morgan fingerprint density at radius 1 is 1.11 bits per heavy atom. The van der Waals surface area contributed by atoms with Crippen LogP contribution in [0.15, 0.2) is 53.9 Å². The van der Waals surface area contributed by atoms with Gasteiger partial charge in [0.2, 0.25) is 10.9 Å². The number of hydrogen-bond acceptors (Lipinski definition) is 5. The van der Waals surface area contributed by atoms with Crippen LogP contribution in [0.25, 0.3) is 16.2 Å². The zero-order valence-corrected chi connectivity index (χ0v) is 16.2. The first-order valence-corrected chi connectivity index (χ1v) is 9.54. The van der Waals surface area contributed by atoms with E-state index in [2.05, 4.69) is 20.7 Å². The summed E-state index contributed by atoms with van der Waals surface area (Å²) >= 11 is 7.37. The molecule has 0 unspecified atom stereocenters. The molecule has 0 atom stereocenters. The standard InChI is InChI=1S/C19H14ClN5O2S/c1-11(26)21-15-4-2-3-13(9-15)17(27)22-18-23-19-25(24-18)16(10-28-19)12-5-7-14(20)8-6-12/h2-10H,1H3,(H,21,26)(H,22,24,27). The lowest BCUT2D eigenvalue weighted by atomic mass is 10.2. The van der Waals surface area contributed by atoms with Gasteiger partial charge in [0.05, 0.1) is 5.69 Å². The highest BCUT2D eigenvalue weighted by Gasteiger charge is 2.14. The molecule has 2 N–H and O–H groups in total. The van der Waals surface area contributed by atoms with Gasteiger partial charge in [-0.25, -0.2) is 4.52 Å². The van der Waals surface area contributed by atoms with E-state index in [1.165, 1.54) is 18.3 Å². The molecule has 2 aromatic carbocycles. The molecule has 4 rings (SSSR count). The molecule has 2 heterocycles. The number of carbonyl (C=O) groups excluding carboxylic acids is 2. The number of thiazole rings is 1. The number of amides is 2. The number of nitrogens with zero attached hydrogens (tertiary/aromatic N) is 3. The maximum atomic E-state index is 12.5. The Morgan fingerprint density at radius 2 is 1.89 bits per heavy atom. The molecule has 0 saturated carbocycles. The number of anilines is 2. The lowest BCUT2D eigenvalue weighted by molar-refractivity contribution is -0.114. The lowest BCUT2D eigenvalue weighted by Gasteiger charge is -2.05. The van der Waals surface area contributed by atoms with Gasteiger partial charge in [0.15, 0.2) is 0 Å². The van der Waals surface area contributed by atoms with Crippen LogP contribution in [0.2, 0.25) is 5.02 Å². The van der Waals surface area contributed by atoms with Crippen molar-refractivity contribution in [1.29, 1.82) is 0 Å². The molecule has 0 saturated heterocycles. The Labute approximate surface area is 169 Å². The Morgan fingerprint density at radius 3 is 2.64 bits per heavy atom. The molecule has 4 aromatic rings. The maximum Gasteiger partial charge on any atom is 0.258 e.